The van der Waals surface area contributed by atoms with Gasteiger partial charge in [-0.15, -0.1) is 0 Å². The van der Waals surface area contributed by atoms with E-state index in [1.54, 1.807) is 0 Å². The lowest BCUT2D eigenvalue weighted by atomic mass is 10.2. The van der Waals surface area contributed by atoms with Gasteiger partial charge in [0.15, 0.2) is 0 Å². The molecule has 1 atom stereocenters. The highest BCUT2D eigenvalue weighted by molar-refractivity contribution is 5.15. The van der Waals surface area contributed by atoms with Crippen LogP contribution in [0.15, 0.2) is 42.7 Å². The van der Waals surface area contributed by atoms with Crippen LogP contribution in [0, 0.1) is 0 Å². The minimum Gasteiger partial charge on any atom is -0.396 e. The molecule has 1 unspecified atom stereocenters. The molecule has 0 amide bonds. The van der Waals surface area contributed by atoms with E-state index in [4.69, 9.17) is 5.11 Å². The van der Waals surface area contributed by atoms with Gasteiger partial charge in [-0.05, 0) is 25.3 Å². The molecule has 0 fully saturated rings. The van der Waals surface area contributed by atoms with Crippen LogP contribution in [0.4, 0.5) is 0 Å². The van der Waals surface area contributed by atoms with Gasteiger partial charge in [0.1, 0.15) is 0 Å². The summed E-state index contributed by atoms with van der Waals surface area (Å²) in [5.41, 5.74) is 2.45. The normalized spacial score (nSPS) is 12.5. The molecule has 0 saturated carbocycles. The zero-order valence-corrected chi connectivity index (χ0v) is 12.0. The molecule has 20 heavy (non-hydrogen) atoms. The highest BCUT2D eigenvalue weighted by atomic mass is 16.2. The average molecular weight is 273 g/mol. The number of aliphatic hydroxyl groups is 1. The Morgan fingerprint density at radius 3 is 2.80 bits per heavy atom. The van der Waals surface area contributed by atoms with Gasteiger partial charge < -0.3 is 10.4 Å². The van der Waals surface area contributed by atoms with Gasteiger partial charge in [-0.1, -0.05) is 30.3 Å². The Bertz CT molecular complexity index is 495. The molecule has 2 N–H and O–H groups in total. The van der Waals surface area contributed by atoms with E-state index < -0.39 is 0 Å². The van der Waals surface area contributed by atoms with Gasteiger partial charge >= 0.3 is 0 Å². The molecule has 2 aromatic rings. The predicted octanol–water partition coefficient (Wildman–Crippen LogP) is 2.18. The highest BCUT2D eigenvalue weighted by Crippen LogP contribution is 2.05. The van der Waals surface area contributed by atoms with Crippen molar-refractivity contribution >= 4 is 0 Å². The summed E-state index contributed by atoms with van der Waals surface area (Å²) in [6.45, 7) is 4.04. The maximum Gasteiger partial charge on any atom is 0.0659 e. The fraction of sp³-hybridized carbons (Fsp3) is 0.438. The summed E-state index contributed by atoms with van der Waals surface area (Å²) in [6.07, 6.45) is 5.84. The topological polar surface area (TPSA) is 50.1 Å². The number of rotatable bonds is 8. The van der Waals surface area contributed by atoms with Crippen molar-refractivity contribution in [3.63, 3.8) is 0 Å². The number of aliphatic hydroxyl groups excluding tert-OH is 1. The number of hydrogen-bond donors (Lipinski definition) is 2. The lowest BCUT2D eigenvalue weighted by Gasteiger charge is -2.11. The summed E-state index contributed by atoms with van der Waals surface area (Å²) in [4.78, 5) is 0. The molecule has 0 aliphatic rings. The van der Waals surface area contributed by atoms with Gasteiger partial charge in [0, 0.05) is 31.0 Å². The van der Waals surface area contributed by atoms with Gasteiger partial charge in [0.05, 0.1) is 12.7 Å². The van der Waals surface area contributed by atoms with Crippen molar-refractivity contribution < 1.29 is 5.11 Å². The molecule has 1 aromatic carbocycles. The molecule has 0 aliphatic heterocycles. The second-order valence-corrected chi connectivity index (χ2v) is 5.18. The second kappa shape index (κ2) is 7.82. The van der Waals surface area contributed by atoms with Crippen molar-refractivity contribution in [2.75, 3.05) is 6.61 Å². The molecule has 0 saturated heterocycles. The Morgan fingerprint density at radius 2 is 2.05 bits per heavy atom. The maximum absolute atomic E-state index is 8.80. The minimum atomic E-state index is 0.265. The Kier molecular flexibility index (Phi) is 5.77. The number of benzene rings is 1. The fourth-order valence-electron chi connectivity index (χ4n) is 2.15. The molecule has 0 radical (unpaired) electrons. The quantitative estimate of drug-likeness (QED) is 0.775. The van der Waals surface area contributed by atoms with E-state index in [1.807, 2.05) is 29.1 Å². The van der Waals surface area contributed by atoms with Crippen molar-refractivity contribution in [1.29, 1.82) is 0 Å². The Balaban J connectivity index is 1.80. The van der Waals surface area contributed by atoms with Gasteiger partial charge in [0.25, 0.3) is 0 Å². The summed E-state index contributed by atoms with van der Waals surface area (Å²) < 4.78 is 1.96. The second-order valence-electron chi connectivity index (χ2n) is 5.18. The van der Waals surface area contributed by atoms with Crippen molar-refractivity contribution in [1.82, 2.24) is 15.1 Å². The zero-order chi connectivity index (χ0) is 14.2. The standard InChI is InChI=1S/C16H23N3O/c1-14(6-5-9-20)17-10-16-11-18-19(13-16)12-15-7-3-2-4-8-15/h2-4,7-8,11,13-14,17,20H,5-6,9-10,12H2,1H3. The van der Waals surface area contributed by atoms with Crippen LogP contribution in [0.5, 0.6) is 0 Å². The molecular weight excluding hydrogens is 250 g/mol. The van der Waals surface area contributed by atoms with Gasteiger partial charge in [0.2, 0.25) is 0 Å². The molecule has 108 valence electrons. The van der Waals surface area contributed by atoms with E-state index in [9.17, 15) is 0 Å². The number of nitrogens with zero attached hydrogens (tertiary/aromatic N) is 2. The third-order valence-corrected chi connectivity index (χ3v) is 3.32. The molecule has 4 nitrogen and oxygen atoms in total. The van der Waals surface area contributed by atoms with Gasteiger partial charge in [-0.3, -0.25) is 4.68 Å². The molecule has 0 spiro atoms. The Morgan fingerprint density at radius 1 is 1.25 bits per heavy atom. The van der Waals surface area contributed by atoms with Crippen LogP contribution in [0.3, 0.4) is 0 Å². The lowest BCUT2D eigenvalue weighted by Crippen LogP contribution is -2.25. The molecule has 1 aromatic heterocycles. The fourth-order valence-corrected chi connectivity index (χ4v) is 2.15. The van der Waals surface area contributed by atoms with Crippen molar-refractivity contribution in [2.24, 2.45) is 0 Å². The lowest BCUT2D eigenvalue weighted by molar-refractivity contribution is 0.276. The van der Waals surface area contributed by atoms with Crippen molar-refractivity contribution in [3.8, 4) is 0 Å². The summed E-state index contributed by atoms with van der Waals surface area (Å²) in [5, 5.41) is 16.6. The van der Waals surface area contributed by atoms with Crippen LogP contribution >= 0.6 is 0 Å². The number of hydrogen-bond acceptors (Lipinski definition) is 3. The Hall–Kier alpha value is -1.65. The first kappa shape index (κ1) is 14.8. The van der Waals surface area contributed by atoms with Gasteiger partial charge in [-0.25, -0.2) is 0 Å². The number of nitrogens with one attached hydrogen (secondary N) is 1. The molecule has 0 bridgehead atoms. The van der Waals surface area contributed by atoms with Crippen LogP contribution in [0.1, 0.15) is 30.9 Å². The maximum atomic E-state index is 8.80. The molecular formula is C16H23N3O. The minimum absolute atomic E-state index is 0.265. The summed E-state index contributed by atoms with van der Waals surface area (Å²) >= 11 is 0. The Labute approximate surface area is 120 Å². The van der Waals surface area contributed by atoms with Crippen molar-refractivity contribution in [3.05, 3.63) is 53.9 Å². The largest absolute Gasteiger partial charge is 0.396 e. The van der Waals surface area contributed by atoms with Crippen LogP contribution in [-0.2, 0) is 13.1 Å². The molecule has 0 aliphatic carbocycles. The first-order valence-electron chi connectivity index (χ1n) is 7.17. The van der Waals surface area contributed by atoms with Crippen LogP contribution in [-0.4, -0.2) is 27.5 Å². The van der Waals surface area contributed by atoms with E-state index in [0.29, 0.717) is 6.04 Å². The molecule has 4 heteroatoms. The van der Waals surface area contributed by atoms with E-state index in [0.717, 1.165) is 25.9 Å². The molecule has 1 heterocycles. The van der Waals surface area contributed by atoms with E-state index in [2.05, 4.69) is 35.7 Å². The summed E-state index contributed by atoms with van der Waals surface area (Å²) in [5.74, 6) is 0. The third-order valence-electron chi connectivity index (χ3n) is 3.32. The van der Waals surface area contributed by atoms with Crippen LogP contribution in [0.2, 0.25) is 0 Å². The van der Waals surface area contributed by atoms with Crippen LogP contribution < -0.4 is 5.32 Å². The highest BCUT2D eigenvalue weighted by Gasteiger charge is 2.03. The smallest absolute Gasteiger partial charge is 0.0659 e. The van der Waals surface area contributed by atoms with E-state index in [-0.39, 0.29) is 6.61 Å². The van der Waals surface area contributed by atoms with Crippen molar-refractivity contribution in [2.45, 2.75) is 38.9 Å². The predicted molar refractivity (Wildman–Crippen MR) is 80.4 cm³/mol. The monoisotopic (exact) mass is 273 g/mol. The first-order valence-corrected chi connectivity index (χ1v) is 7.17. The van der Waals surface area contributed by atoms with E-state index >= 15 is 0 Å². The number of aromatic nitrogens is 2. The van der Waals surface area contributed by atoms with Gasteiger partial charge in [-0.2, -0.15) is 5.10 Å². The van der Waals surface area contributed by atoms with Crippen LogP contribution in [0.25, 0.3) is 0 Å². The van der Waals surface area contributed by atoms with E-state index in [1.165, 1.54) is 11.1 Å². The summed E-state index contributed by atoms with van der Waals surface area (Å²) in [6, 6.07) is 10.7. The molecule has 2 rings (SSSR count). The summed E-state index contributed by atoms with van der Waals surface area (Å²) in [7, 11) is 0. The first-order chi connectivity index (χ1) is 9.78. The third kappa shape index (κ3) is 4.79. The average Bonchev–Trinajstić information content (AvgIpc) is 2.91. The SMILES string of the molecule is CC(CCCO)NCc1cnn(Cc2ccccc2)c1. The zero-order valence-electron chi connectivity index (χ0n) is 12.0.